The van der Waals surface area contributed by atoms with E-state index in [0.717, 1.165) is 17.7 Å². The number of carbonyl (C=O) groups is 3. The van der Waals surface area contributed by atoms with Crippen molar-refractivity contribution in [3.63, 3.8) is 0 Å². The summed E-state index contributed by atoms with van der Waals surface area (Å²) in [4.78, 5) is 45.7. The molecule has 40 heavy (non-hydrogen) atoms. The van der Waals surface area contributed by atoms with E-state index >= 15 is 0 Å². The van der Waals surface area contributed by atoms with Crippen LogP contribution in [0, 0.1) is 0 Å². The molecule has 1 atom stereocenters. The molecule has 0 bridgehead atoms. The molecule has 0 aromatic heterocycles. The van der Waals surface area contributed by atoms with Crippen molar-refractivity contribution in [3.05, 3.63) is 94.5 Å². The van der Waals surface area contributed by atoms with Crippen molar-refractivity contribution < 1.29 is 14.4 Å². The number of nitrogens with one attached hydrogen (secondary N) is 1. The Balaban J connectivity index is 1.53. The van der Waals surface area contributed by atoms with Gasteiger partial charge in [-0.1, -0.05) is 48.9 Å². The van der Waals surface area contributed by atoms with Gasteiger partial charge in [0.05, 0.1) is 11.5 Å². The smallest absolute Gasteiger partial charge is 0.256 e. The number of hydrogen-bond acceptors (Lipinski definition) is 4. The van der Waals surface area contributed by atoms with E-state index in [0.29, 0.717) is 61.1 Å². The highest BCUT2D eigenvalue weighted by Gasteiger charge is 2.29. The summed E-state index contributed by atoms with van der Waals surface area (Å²) in [6.45, 7) is 9.50. The summed E-state index contributed by atoms with van der Waals surface area (Å²) in [5.41, 5.74) is 3.41. The maximum Gasteiger partial charge on any atom is 0.256 e. The van der Waals surface area contributed by atoms with Crippen LogP contribution in [-0.4, -0.2) is 66.8 Å². The lowest BCUT2D eigenvalue weighted by Crippen LogP contribution is -2.50. The van der Waals surface area contributed by atoms with Gasteiger partial charge in [-0.2, -0.15) is 0 Å². The zero-order valence-electron chi connectivity index (χ0n) is 23.4. The predicted molar refractivity (Wildman–Crippen MR) is 161 cm³/mol. The van der Waals surface area contributed by atoms with Crippen molar-refractivity contribution in [2.45, 2.75) is 33.1 Å². The molecule has 1 aliphatic heterocycles. The maximum absolute atomic E-state index is 13.6. The van der Waals surface area contributed by atoms with E-state index in [1.807, 2.05) is 68.1 Å². The Morgan fingerprint density at radius 2 is 1.52 bits per heavy atom. The van der Waals surface area contributed by atoms with E-state index in [9.17, 15) is 14.4 Å². The molecule has 1 fully saturated rings. The Hall–Kier alpha value is -3.84. The highest BCUT2D eigenvalue weighted by atomic mass is 35.5. The second kappa shape index (κ2) is 13.5. The number of amides is 3. The van der Waals surface area contributed by atoms with Gasteiger partial charge < -0.3 is 20.0 Å². The number of piperazine rings is 1. The third kappa shape index (κ3) is 6.65. The third-order valence-electron chi connectivity index (χ3n) is 7.48. The van der Waals surface area contributed by atoms with Gasteiger partial charge in [-0.3, -0.25) is 14.4 Å². The lowest BCUT2D eigenvalue weighted by molar-refractivity contribution is -0.133. The maximum atomic E-state index is 13.6. The van der Waals surface area contributed by atoms with Crippen molar-refractivity contribution >= 4 is 40.7 Å². The highest BCUT2D eigenvalue weighted by Crippen LogP contribution is 2.29. The van der Waals surface area contributed by atoms with E-state index in [2.05, 4.69) is 10.2 Å². The number of halogens is 1. The van der Waals surface area contributed by atoms with Gasteiger partial charge in [0, 0.05) is 61.2 Å². The first-order chi connectivity index (χ1) is 19.4. The van der Waals surface area contributed by atoms with Gasteiger partial charge in [-0.25, -0.2) is 0 Å². The molecule has 0 radical (unpaired) electrons. The topological polar surface area (TPSA) is 73.0 Å². The SMILES string of the molecule is CC[C@H](C(=O)N1CCN(c2ccc(NC(=O)c3ccc(Cl)cc3)cc2C(=O)N(CC)CC)CC1)c1ccccc1. The number of anilines is 2. The second-order valence-electron chi connectivity index (χ2n) is 9.85. The van der Waals surface area contributed by atoms with Gasteiger partial charge in [0.2, 0.25) is 5.91 Å². The van der Waals surface area contributed by atoms with Crippen molar-refractivity contribution in [3.8, 4) is 0 Å². The lowest BCUT2D eigenvalue weighted by Gasteiger charge is -2.38. The number of benzene rings is 3. The van der Waals surface area contributed by atoms with E-state index in [1.54, 1.807) is 35.2 Å². The van der Waals surface area contributed by atoms with Crippen LogP contribution in [0.3, 0.4) is 0 Å². The molecular weight excluding hydrogens is 524 g/mol. The van der Waals surface area contributed by atoms with Gasteiger partial charge in [-0.05, 0) is 68.3 Å². The molecule has 1 aliphatic rings. The number of nitrogens with zero attached hydrogens (tertiary/aromatic N) is 3. The van der Waals surface area contributed by atoms with Crippen LogP contribution in [0.25, 0.3) is 0 Å². The third-order valence-corrected chi connectivity index (χ3v) is 7.73. The quantitative estimate of drug-likeness (QED) is 0.353. The van der Waals surface area contributed by atoms with Crippen LogP contribution in [0.2, 0.25) is 5.02 Å². The minimum atomic E-state index is -0.276. The van der Waals surface area contributed by atoms with Gasteiger partial charge in [0.25, 0.3) is 11.8 Å². The first kappa shape index (κ1) is 29.2. The lowest BCUT2D eigenvalue weighted by atomic mass is 9.94. The monoisotopic (exact) mass is 560 g/mol. The average Bonchev–Trinajstić information content (AvgIpc) is 2.99. The summed E-state index contributed by atoms with van der Waals surface area (Å²) in [7, 11) is 0. The van der Waals surface area contributed by atoms with Crippen LogP contribution >= 0.6 is 11.6 Å². The molecule has 1 saturated heterocycles. The standard InChI is InChI=1S/C32H37ClN4O3/c1-4-27(23-10-8-7-9-11-23)31(39)37-20-18-36(19-21-37)29-17-16-26(22-28(29)32(40)35(5-2)6-3)34-30(38)24-12-14-25(33)15-13-24/h7-17,22,27H,4-6,18-21H2,1-3H3,(H,34,38)/t27-/m0/s1. The van der Waals surface area contributed by atoms with Crippen LogP contribution in [0.4, 0.5) is 11.4 Å². The summed E-state index contributed by atoms with van der Waals surface area (Å²) < 4.78 is 0. The molecule has 1 N–H and O–H groups in total. The van der Waals surface area contributed by atoms with Crippen molar-refractivity contribution in [2.24, 2.45) is 0 Å². The van der Waals surface area contributed by atoms with Gasteiger partial charge in [0.1, 0.15) is 0 Å². The molecule has 1 heterocycles. The number of carbonyl (C=O) groups excluding carboxylic acids is 3. The van der Waals surface area contributed by atoms with Gasteiger partial charge in [0.15, 0.2) is 0 Å². The van der Waals surface area contributed by atoms with E-state index in [1.165, 1.54) is 0 Å². The highest BCUT2D eigenvalue weighted by molar-refractivity contribution is 6.30. The molecule has 0 aliphatic carbocycles. The first-order valence-corrected chi connectivity index (χ1v) is 14.3. The minimum Gasteiger partial charge on any atom is -0.367 e. The molecule has 7 nitrogen and oxygen atoms in total. The van der Waals surface area contributed by atoms with E-state index in [-0.39, 0.29) is 23.6 Å². The van der Waals surface area contributed by atoms with E-state index < -0.39 is 0 Å². The van der Waals surface area contributed by atoms with Crippen molar-refractivity contribution in [1.29, 1.82) is 0 Å². The van der Waals surface area contributed by atoms with Crippen LogP contribution in [0.1, 0.15) is 59.4 Å². The predicted octanol–water partition coefficient (Wildman–Crippen LogP) is 5.92. The fourth-order valence-corrected chi connectivity index (χ4v) is 5.30. The van der Waals surface area contributed by atoms with Crippen LogP contribution < -0.4 is 10.2 Å². The Labute approximate surface area is 241 Å². The fourth-order valence-electron chi connectivity index (χ4n) is 5.17. The minimum absolute atomic E-state index is 0.0868. The zero-order valence-corrected chi connectivity index (χ0v) is 24.2. The van der Waals surface area contributed by atoms with Crippen molar-refractivity contribution in [1.82, 2.24) is 9.80 Å². The summed E-state index contributed by atoms with van der Waals surface area (Å²) in [6, 6.07) is 22.1. The van der Waals surface area contributed by atoms with Crippen LogP contribution in [0.15, 0.2) is 72.8 Å². The summed E-state index contributed by atoms with van der Waals surface area (Å²) in [6.07, 6.45) is 0.745. The second-order valence-corrected chi connectivity index (χ2v) is 10.3. The fraction of sp³-hybridized carbons (Fsp3) is 0.344. The Morgan fingerprint density at radius 1 is 0.875 bits per heavy atom. The normalized spacial score (nSPS) is 14.0. The Morgan fingerprint density at radius 3 is 2.12 bits per heavy atom. The molecule has 3 amide bonds. The molecule has 0 saturated carbocycles. The van der Waals surface area contributed by atoms with Gasteiger partial charge in [-0.15, -0.1) is 0 Å². The van der Waals surface area contributed by atoms with E-state index in [4.69, 9.17) is 11.6 Å². The summed E-state index contributed by atoms with van der Waals surface area (Å²) in [5.74, 6) is -0.373. The first-order valence-electron chi connectivity index (χ1n) is 13.9. The molecule has 210 valence electrons. The molecule has 3 aromatic rings. The molecule has 0 spiro atoms. The average molecular weight is 561 g/mol. The summed E-state index contributed by atoms with van der Waals surface area (Å²) in [5, 5.41) is 3.47. The van der Waals surface area contributed by atoms with Crippen LogP contribution in [-0.2, 0) is 4.79 Å². The Bertz CT molecular complexity index is 1320. The largest absolute Gasteiger partial charge is 0.367 e. The molecule has 0 unspecified atom stereocenters. The van der Waals surface area contributed by atoms with Crippen molar-refractivity contribution in [2.75, 3.05) is 49.5 Å². The molecule has 4 rings (SSSR count). The number of hydrogen-bond donors (Lipinski definition) is 1. The number of rotatable bonds is 9. The van der Waals surface area contributed by atoms with Crippen LogP contribution in [0.5, 0.6) is 0 Å². The molecule has 8 heteroatoms. The summed E-state index contributed by atoms with van der Waals surface area (Å²) >= 11 is 5.96. The Kier molecular flexibility index (Phi) is 9.83. The van der Waals surface area contributed by atoms with Gasteiger partial charge >= 0.3 is 0 Å². The molecule has 3 aromatic carbocycles. The molecular formula is C32H37ClN4O3. The zero-order chi connectivity index (χ0) is 28.6.